The second kappa shape index (κ2) is 14.1. The zero-order valence-corrected chi connectivity index (χ0v) is 21.2. The maximum Gasteiger partial charge on any atom is 0.306 e. The molecule has 1 aliphatic heterocycles. The molecule has 0 bridgehead atoms. The Balaban J connectivity index is 1.70. The van der Waals surface area contributed by atoms with Gasteiger partial charge in [0.05, 0.1) is 24.6 Å². The number of rotatable bonds is 13. The first-order valence-corrected chi connectivity index (χ1v) is 12.7. The first-order chi connectivity index (χ1) is 18.0. The molecule has 1 aliphatic rings. The van der Waals surface area contributed by atoms with E-state index in [4.69, 9.17) is 4.74 Å². The molecule has 0 saturated carbocycles. The summed E-state index contributed by atoms with van der Waals surface area (Å²) in [4.78, 5) is 40.5. The van der Waals surface area contributed by atoms with Crippen LogP contribution in [0.1, 0.15) is 48.4 Å². The summed E-state index contributed by atoms with van der Waals surface area (Å²) in [5, 5.41) is 12.9. The van der Waals surface area contributed by atoms with Gasteiger partial charge in [0, 0.05) is 19.4 Å². The molecule has 7 nitrogen and oxygen atoms in total. The highest BCUT2D eigenvalue weighted by Gasteiger charge is 2.32. The Bertz CT molecular complexity index is 1080. The monoisotopic (exact) mass is 504 g/mol. The maximum atomic E-state index is 13.4. The molecular weight excluding hydrogens is 468 g/mol. The summed E-state index contributed by atoms with van der Waals surface area (Å²) in [5.74, 6) is -1.53. The van der Waals surface area contributed by atoms with E-state index in [9.17, 15) is 19.5 Å². The molecule has 3 atom stereocenters. The summed E-state index contributed by atoms with van der Waals surface area (Å²) < 4.78 is 5.41. The SMILES string of the molecule is C=CCCC(=O)OCC(NC(=O)C(CC=C)CC(=O)N1Cc2ccccc2CC1CO)c1ccccc1. The van der Waals surface area contributed by atoms with Crippen molar-refractivity contribution in [3.63, 3.8) is 0 Å². The van der Waals surface area contributed by atoms with E-state index < -0.39 is 12.0 Å². The summed E-state index contributed by atoms with van der Waals surface area (Å²) in [5.41, 5.74) is 2.97. The molecule has 2 aromatic rings. The highest BCUT2D eigenvalue weighted by molar-refractivity contribution is 5.86. The lowest BCUT2D eigenvalue weighted by atomic mass is 9.92. The first kappa shape index (κ1) is 27.9. The van der Waals surface area contributed by atoms with E-state index in [1.807, 2.05) is 54.6 Å². The number of aliphatic hydroxyl groups excluding tert-OH is 1. The van der Waals surface area contributed by atoms with E-state index in [2.05, 4.69) is 18.5 Å². The Morgan fingerprint density at radius 1 is 1.05 bits per heavy atom. The van der Waals surface area contributed by atoms with Crippen LogP contribution in [0.15, 0.2) is 79.9 Å². The van der Waals surface area contributed by atoms with Crippen molar-refractivity contribution in [1.29, 1.82) is 0 Å². The lowest BCUT2D eigenvalue weighted by Gasteiger charge is -2.36. The Labute approximate surface area is 218 Å². The number of carbonyl (C=O) groups excluding carboxylic acids is 3. The van der Waals surface area contributed by atoms with Gasteiger partial charge in [-0.05, 0) is 36.0 Å². The van der Waals surface area contributed by atoms with Crippen molar-refractivity contribution in [2.24, 2.45) is 5.92 Å². The number of esters is 1. The van der Waals surface area contributed by atoms with Crippen LogP contribution < -0.4 is 5.32 Å². The topological polar surface area (TPSA) is 95.9 Å². The number of carbonyl (C=O) groups is 3. The smallest absolute Gasteiger partial charge is 0.306 e. The largest absolute Gasteiger partial charge is 0.463 e. The van der Waals surface area contributed by atoms with Gasteiger partial charge >= 0.3 is 5.97 Å². The summed E-state index contributed by atoms with van der Waals surface area (Å²) in [6.45, 7) is 7.61. The number of aliphatic hydroxyl groups is 1. The number of hydrogen-bond acceptors (Lipinski definition) is 5. The lowest BCUT2D eigenvalue weighted by Crippen LogP contribution is -2.47. The molecule has 37 heavy (non-hydrogen) atoms. The van der Waals surface area contributed by atoms with E-state index in [-0.39, 0.29) is 49.9 Å². The zero-order valence-electron chi connectivity index (χ0n) is 21.2. The number of allylic oxidation sites excluding steroid dienone is 2. The minimum absolute atomic E-state index is 0.0167. The van der Waals surface area contributed by atoms with Gasteiger partial charge in [0.25, 0.3) is 0 Å². The van der Waals surface area contributed by atoms with Crippen molar-refractivity contribution in [3.8, 4) is 0 Å². The van der Waals surface area contributed by atoms with Crippen LogP contribution in [-0.4, -0.2) is 47.0 Å². The summed E-state index contributed by atoms with van der Waals surface area (Å²) in [7, 11) is 0. The molecule has 7 heteroatoms. The third-order valence-corrected chi connectivity index (χ3v) is 6.61. The van der Waals surface area contributed by atoms with Gasteiger partial charge < -0.3 is 20.1 Å². The molecule has 0 spiro atoms. The normalized spacial score (nSPS) is 16.1. The molecule has 2 aromatic carbocycles. The van der Waals surface area contributed by atoms with E-state index >= 15 is 0 Å². The highest BCUT2D eigenvalue weighted by atomic mass is 16.5. The van der Waals surface area contributed by atoms with E-state index in [1.165, 1.54) is 0 Å². The molecule has 0 saturated heterocycles. The fourth-order valence-corrected chi connectivity index (χ4v) is 4.52. The average Bonchev–Trinajstić information content (AvgIpc) is 2.93. The third kappa shape index (κ3) is 7.89. The number of amides is 2. The average molecular weight is 505 g/mol. The molecule has 0 fully saturated rings. The Hall–Kier alpha value is -3.71. The van der Waals surface area contributed by atoms with Crippen LogP contribution in [-0.2, 0) is 32.1 Å². The van der Waals surface area contributed by atoms with Crippen LogP contribution in [0.4, 0.5) is 0 Å². The van der Waals surface area contributed by atoms with Gasteiger partial charge in [-0.1, -0.05) is 66.7 Å². The molecule has 3 rings (SSSR count). The molecule has 2 amide bonds. The molecule has 3 unspecified atom stereocenters. The van der Waals surface area contributed by atoms with Gasteiger partial charge in [-0.25, -0.2) is 0 Å². The lowest BCUT2D eigenvalue weighted by molar-refractivity contribution is -0.145. The van der Waals surface area contributed by atoms with Gasteiger partial charge in [0.1, 0.15) is 6.61 Å². The van der Waals surface area contributed by atoms with Crippen LogP contribution in [0.3, 0.4) is 0 Å². The fraction of sp³-hybridized carbons (Fsp3) is 0.367. The first-order valence-electron chi connectivity index (χ1n) is 12.7. The molecule has 0 aromatic heterocycles. The summed E-state index contributed by atoms with van der Waals surface area (Å²) in [6, 6.07) is 16.3. The predicted octanol–water partition coefficient (Wildman–Crippen LogP) is 3.88. The molecular formula is C30H36N2O5. The molecule has 0 radical (unpaired) electrons. The fourth-order valence-electron chi connectivity index (χ4n) is 4.52. The minimum Gasteiger partial charge on any atom is -0.463 e. The number of nitrogens with one attached hydrogen (secondary N) is 1. The Morgan fingerprint density at radius 3 is 2.43 bits per heavy atom. The number of ether oxygens (including phenoxy) is 1. The van der Waals surface area contributed by atoms with Crippen LogP contribution >= 0.6 is 0 Å². The Kier molecular flexibility index (Phi) is 10.6. The Morgan fingerprint density at radius 2 is 1.76 bits per heavy atom. The van der Waals surface area contributed by atoms with Crippen LogP contribution in [0.25, 0.3) is 0 Å². The minimum atomic E-state index is -0.649. The van der Waals surface area contributed by atoms with Gasteiger partial charge in [0.2, 0.25) is 11.8 Å². The second-order valence-corrected chi connectivity index (χ2v) is 9.24. The highest BCUT2D eigenvalue weighted by Crippen LogP contribution is 2.25. The quantitative estimate of drug-likeness (QED) is 0.319. The van der Waals surface area contributed by atoms with Crippen molar-refractivity contribution in [2.45, 2.75) is 50.7 Å². The number of benzene rings is 2. The van der Waals surface area contributed by atoms with Crippen molar-refractivity contribution in [2.75, 3.05) is 13.2 Å². The standard InChI is InChI=1S/C30H36N2O5/c1-3-5-16-29(35)37-21-27(22-12-7-6-8-13-22)31-30(36)24(11-4-2)18-28(34)32-19-25-15-10-9-14-23(25)17-26(32)20-33/h3-4,6-10,12-15,24,26-27,33H,1-2,5,11,16-21H2,(H,31,36). The number of fused-ring (bicyclic) bond motifs is 1. The summed E-state index contributed by atoms with van der Waals surface area (Å²) >= 11 is 0. The van der Waals surface area contributed by atoms with Gasteiger partial charge in [-0.3, -0.25) is 14.4 Å². The van der Waals surface area contributed by atoms with Gasteiger partial charge in [0.15, 0.2) is 0 Å². The number of nitrogens with zero attached hydrogens (tertiary/aromatic N) is 1. The van der Waals surface area contributed by atoms with Crippen molar-refractivity contribution in [1.82, 2.24) is 10.2 Å². The van der Waals surface area contributed by atoms with E-state index in [1.54, 1.807) is 17.1 Å². The van der Waals surface area contributed by atoms with Crippen LogP contribution in [0, 0.1) is 5.92 Å². The van der Waals surface area contributed by atoms with Gasteiger partial charge in [-0.2, -0.15) is 0 Å². The summed E-state index contributed by atoms with van der Waals surface area (Å²) in [6.07, 6.45) is 4.88. The van der Waals surface area contributed by atoms with E-state index in [0.29, 0.717) is 25.8 Å². The number of hydrogen-bond donors (Lipinski definition) is 2. The molecule has 0 aliphatic carbocycles. The van der Waals surface area contributed by atoms with Crippen LogP contribution in [0.5, 0.6) is 0 Å². The molecule has 1 heterocycles. The molecule has 196 valence electrons. The van der Waals surface area contributed by atoms with Crippen LogP contribution in [0.2, 0.25) is 0 Å². The van der Waals surface area contributed by atoms with Crippen molar-refractivity contribution in [3.05, 3.63) is 96.6 Å². The molecule has 2 N–H and O–H groups in total. The van der Waals surface area contributed by atoms with Crippen molar-refractivity contribution < 1.29 is 24.2 Å². The zero-order chi connectivity index (χ0) is 26.6. The predicted molar refractivity (Wildman–Crippen MR) is 142 cm³/mol. The second-order valence-electron chi connectivity index (χ2n) is 9.24. The maximum absolute atomic E-state index is 13.4. The van der Waals surface area contributed by atoms with E-state index in [0.717, 1.165) is 16.7 Å². The van der Waals surface area contributed by atoms with Crippen molar-refractivity contribution >= 4 is 17.8 Å². The van der Waals surface area contributed by atoms with Gasteiger partial charge in [-0.15, -0.1) is 13.2 Å². The third-order valence-electron chi connectivity index (χ3n) is 6.61.